The van der Waals surface area contributed by atoms with Crippen LogP contribution >= 0.6 is 0 Å². The number of likely N-dealkylation sites (tertiary alicyclic amines) is 1. The van der Waals surface area contributed by atoms with Crippen LogP contribution in [0, 0.1) is 5.92 Å². The van der Waals surface area contributed by atoms with Crippen molar-refractivity contribution in [3.8, 4) is 0 Å². The van der Waals surface area contributed by atoms with E-state index in [-0.39, 0.29) is 0 Å². The molecule has 1 amide bonds. The fourth-order valence-electron chi connectivity index (χ4n) is 3.27. The molecule has 1 aliphatic rings. The third kappa shape index (κ3) is 5.44. The van der Waals surface area contributed by atoms with E-state index in [1.807, 2.05) is 29.1 Å². The van der Waals surface area contributed by atoms with Gasteiger partial charge in [0.1, 0.15) is 0 Å². The van der Waals surface area contributed by atoms with Crippen molar-refractivity contribution in [3.63, 3.8) is 0 Å². The third-order valence-corrected chi connectivity index (χ3v) is 4.80. The van der Waals surface area contributed by atoms with Crippen molar-refractivity contribution in [2.24, 2.45) is 5.92 Å². The number of allylic oxidation sites excluding steroid dienone is 2. The third-order valence-electron chi connectivity index (χ3n) is 4.80. The summed E-state index contributed by atoms with van der Waals surface area (Å²) >= 11 is 0. The Morgan fingerprint density at radius 1 is 1.23 bits per heavy atom. The maximum absolute atomic E-state index is 10.9. The van der Waals surface area contributed by atoms with Gasteiger partial charge < -0.3 is 10.0 Å². The van der Waals surface area contributed by atoms with Gasteiger partial charge in [0.25, 0.3) is 0 Å². The van der Waals surface area contributed by atoms with Gasteiger partial charge in [-0.15, -0.1) is 5.10 Å². The summed E-state index contributed by atoms with van der Waals surface area (Å²) < 4.78 is 1.89. The second kappa shape index (κ2) is 9.17. The normalized spacial score (nSPS) is 15.6. The minimum atomic E-state index is -0.798. The SMILES string of the molecule is O=C(O)N1CCC(C=CCCCc2cn(Cc3ccccc3)nn2)CC1. The Kier molecular flexibility index (Phi) is 6.41. The van der Waals surface area contributed by atoms with Gasteiger partial charge in [0.15, 0.2) is 0 Å². The number of piperidine rings is 1. The van der Waals surface area contributed by atoms with Gasteiger partial charge in [-0.1, -0.05) is 47.7 Å². The maximum Gasteiger partial charge on any atom is 0.407 e. The van der Waals surface area contributed by atoms with Crippen LogP contribution in [0.5, 0.6) is 0 Å². The predicted octanol–water partition coefficient (Wildman–Crippen LogP) is 3.60. The van der Waals surface area contributed by atoms with E-state index in [1.165, 1.54) is 10.5 Å². The van der Waals surface area contributed by atoms with Crippen LogP contribution in [0.15, 0.2) is 48.7 Å². The molecule has 0 bridgehead atoms. The number of rotatable bonds is 7. The van der Waals surface area contributed by atoms with E-state index in [2.05, 4.69) is 34.6 Å². The highest BCUT2D eigenvalue weighted by Gasteiger charge is 2.20. The number of hydrogen-bond acceptors (Lipinski definition) is 3. The van der Waals surface area contributed by atoms with Gasteiger partial charge in [0.05, 0.1) is 12.2 Å². The number of benzene rings is 1. The fourth-order valence-corrected chi connectivity index (χ4v) is 3.27. The molecule has 1 fully saturated rings. The molecule has 1 saturated heterocycles. The van der Waals surface area contributed by atoms with Gasteiger partial charge in [-0.25, -0.2) is 9.48 Å². The summed E-state index contributed by atoms with van der Waals surface area (Å²) in [5, 5.41) is 17.4. The first-order valence-corrected chi connectivity index (χ1v) is 9.28. The van der Waals surface area contributed by atoms with Crippen molar-refractivity contribution in [1.29, 1.82) is 0 Å². The molecule has 0 radical (unpaired) electrons. The van der Waals surface area contributed by atoms with Crippen molar-refractivity contribution in [2.45, 2.75) is 38.6 Å². The lowest BCUT2D eigenvalue weighted by Gasteiger charge is -2.28. The molecule has 2 aromatic rings. The number of amides is 1. The number of nitrogens with zero attached hydrogens (tertiary/aromatic N) is 4. The first kappa shape index (κ1) is 18.2. The summed E-state index contributed by atoms with van der Waals surface area (Å²) in [6.45, 7) is 2.05. The first-order chi connectivity index (χ1) is 12.7. The maximum atomic E-state index is 10.9. The number of unbranched alkanes of at least 4 members (excludes halogenated alkanes) is 1. The van der Waals surface area contributed by atoms with Crippen molar-refractivity contribution in [1.82, 2.24) is 19.9 Å². The topological polar surface area (TPSA) is 71.2 Å². The van der Waals surface area contributed by atoms with Crippen molar-refractivity contribution < 1.29 is 9.90 Å². The summed E-state index contributed by atoms with van der Waals surface area (Å²) in [6.07, 6.45) is 10.6. The van der Waals surface area contributed by atoms with Crippen LogP contribution in [0.25, 0.3) is 0 Å². The lowest BCUT2D eigenvalue weighted by Crippen LogP contribution is -2.36. The Balaban J connectivity index is 1.35. The first-order valence-electron chi connectivity index (χ1n) is 9.28. The molecule has 1 N–H and O–H groups in total. The standard InChI is InChI=1S/C20H26N4O2/c25-20(26)23-13-11-17(12-14-23)7-3-2-6-10-19-16-24(22-21-19)15-18-8-4-1-5-9-18/h1,3-5,7-9,16-17H,2,6,10-15H2,(H,25,26). The van der Waals surface area contributed by atoms with E-state index in [0.29, 0.717) is 19.0 Å². The van der Waals surface area contributed by atoms with Gasteiger partial charge in [-0.05, 0) is 43.6 Å². The molecule has 2 heterocycles. The molecule has 0 saturated carbocycles. The van der Waals surface area contributed by atoms with Gasteiger partial charge >= 0.3 is 6.09 Å². The molecule has 3 rings (SSSR count). The number of aryl methyl sites for hydroxylation is 1. The van der Waals surface area contributed by atoms with Crippen molar-refractivity contribution >= 4 is 6.09 Å². The summed E-state index contributed by atoms with van der Waals surface area (Å²) in [6, 6.07) is 10.3. The van der Waals surface area contributed by atoms with Crippen LogP contribution in [0.1, 0.15) is 36.9 Å². The molecule has 0 aliphatic carbocycles. The van der Waals surface area contributed by atoms with Crippen molar-refractivity contribution in [2.75, 3.05) is 13.1 Å². The number of hydrogen-bond donors (Lipinski definition) is 1. The average molecular weight is 354 g/mol. The van der Waals surface area contributed by atoms with Gasteiger partial charge in [-0.2, -0.15) is 0 Å². The molecule has 0 atom stereocenters. The molecule has 1 aromatic carbocycles. The number of carboxylic acid groups (broad SMARTS) is 1. The van der Waals surface area contributed by atoms with E-state index >= 15 is 0 Å². The molecule has 26 heavy (non-hydrogen) atoms. The van der Waals surface area contributed by atoms with E-state index in [4.69, 9.17) is 5.11 Å². The molecule has 6 heteroatoms. The minimum absolute atomic E-state index is 0.511. The van der Waals surface area contributed by atoms with Crippen LogP contribution in [-0.2, 0) is 13.0 Å². The van der Waals surface area contributed by atoms with E-state index < -0.39 is 6.09 Å². The number of carbonyl (C=O) groups is 1. The average Bonchev–Trinajstić information content (AvgIpc) is 3.10. The molecule has 0 spiro atoms. The van der Waals surface area contributed by atoms with Crippen LogP contribution in [0.4, 0.5) is 4.79 Å². The lowest BCUT2D eigenvalue weighted by molar-refractivity contribution is 0.129. The summed E-state index contributed by atoms with van der Waals surface area (Å²) in [7, 11) is 0. The Labute approximate surface area is 154 Å². The summed E-state index contributed by atoms with van der Waals surface area (Å²) in [4.78, 5) is 12.4. The Morgan fingerprint density at radius 3 is 2.73 bits per heavy atom. The molecular weight excluding hydrogens is 328 g/mol. The minimum Gasteiger partial charge on any atom is -0.465 e. The zero-order valence-corrected chi connectivity index (χ0v) is 15.0. The molecule has 0 unspecified atom stereocenters. The van der Waals surface area contributed by atoms with Crippen molar-refractivity contribution in [3.05, 3.63) is 59.9 Å². The van der Waals surface area contributed by atoms with Crippen LogP contribution in [0.3, 0.4) is 0 Å². The monoisotopic (exact) mass is 354 g/mol. The van der Waals surface area contributed by atoms with Gasteiger partial charge in [0.2, 0.25) is 0 Å². The Hall–Kier alpha value is -2.63. The largest absolute Gasteiger partial charge is 0.465 e. The zero-order valence-electron chi connectivity index (χ0n) is 15.0. The van der Waals surface area contributed by atoms with Crippen LogP contribution < -0.4 is 0 Å². The van der Waals surface area contributed by atoms with E-state index in [9.17, 15) is 4.79 Å². The quantitative estimate of drug-likeness (QED) is 0.609. The van der Waals surface area contributed by atoms with Gasteiger partial charge in [0, 0.05) is 19.3 Å². The predicted molar refractivity (Wildman–Crippen MR) is 100.0 cm³/mol. The van der Waals surface area contributed by atoms with E-state index in [0.717, 1.165) is 44.3 Å². The summed E-state index contributed by atoms with van der Waals surface area (Å²) in [5.74, 6) is 0.511. The Bertz CT molecular complexity index is 718. The molecule has 6 nitrogen and oxygen atoms in total. The molecular formula is C20H26N4O2. The van der Waals surface area contributed by atoms with Crippen LogP contribution in [-0.4, -0.2) is 44.2 Å². The number of aromatic nitrogens is 3. The summed E-state index contributed by atoms with van der Waals surface area (Å²) in [5.41, 5.74) is 2.25. The lowest BCUT2D eigenvalue weighted by atomic mass is 9.96. The van der Waals surface area contributed by atoms with Crippen LogP contribution in [0.2, 0.25) is 0 Å². The highest BCUT2D eigenvalue weighted by molar-refractivity contribution is 5.65. The smallest absolute Gasteiger partial charge is 0.407 e. The molecule has 1 aromatic heterocycles. The second-order valence-electron chi connectivity index (χ2n) is 6.82. The molecule has 1 aliphatic heterocycles. The second-order valence-corrected chi connectivity index (χ2v) is 6.82. The van der Waals surface area contributed by atoms with Gasteiger partial charge in [-0.3, -0.25) is 0 Å². The van der Waals surface area contributed by atoms with E-state index in [1.54, 1.807) is 0 Å². The Morgan fingerprint density at radius 2 is 2.00 bits per heavy atom. The fraction of sp³-hybridized carbons (Fsp3) is 0.450. The highest BCUT2D eigenvalue weighted by Crippen LogP contribution is 2.19. The molecule has 138 valence electrons. The highest BCUT2D eigenvalue weighted by atomic mass is 16.4. The zero-order chi connectivity index (χ0) is 18.2.